The summed E-state index contributed by atoms with van der Waals surface area (Å²) >= 11 is 0. The van der Waals surface area contributed by atoms with Gasteiger partial charge in [-0.05, 0) is 40.7 Å². The first-order valence-electron chi connectivity index (χ1n) is 8.28. The first kappa shape index (κ1) is 14.0. The van der Waals surface area contributed by atoms with Crippen molar-refractivity contribution in [1.29, 1.82) is 0 Å². The molecule has 0 aliphatic heterocycles. The maximum atomic E-state index is 2.48. The molecule has 4 rings (SSSR count). The van der Waals surface area contributed by atoms with Gasteiger partial charge in [-0.1, -0.05) is 91.0 Å². The summed E-state index contributed by atoms with van der Waals surface area (Å²) in [4.78, 5) is 0. The van der Waals surface area contributed by atoms with Crippen LogP contribution in [0, 0.1) is 0 Å². The van der Waals surface area contributed by atoms with Gasteiger partial charge in [0.05, 0.1) is 0 Å². The molecule has 1 atom stereocenters. The van der Waals surface area contributed by atoms with Gasteiger partial charge in [-0.25, -0.2) is 0 Å². The van der Waals surface area contributed by atoms with E-state index in [1.54, 1.807) is 0 Å². The van der Waals surface area contributed by atoms with E-state index in [1.165, 1.54) is 27.8 Å². The highest BCUT2D eigenvalue weighted by Crippen LogP contribution is 2.39. The molecule has 112 valence electrons. The molecular formula is C23H20. The molecule has 0 nitrogen and oxygen atoms in total. The van der Waals surface area contributed by atoms with Gasteiger partial charge in [-0.15, -0.1) is 0 Å². The van der Waals surface area contributed by atoms with Crippen molar-refractivity contribution in [3.8, 4) is 0 Å². The Labute approximate surface area is 138 Å². The van der Waals surface area contributed by atoms with Crippen LogP contribution in [-0.2, 0) is 12.8 Å². The fourth-order valence-electron chi connectivity index (χ4n) is 3.54. The Balaban J connectivity index is 1.65. The number of rotatable bonds is 4. The number of fused-ring (bicyclic) bond motifs is 1. The van der Waals surface area contributed by atoms with Gasteiger partial charge in [0.25, 0.3) is 0 Å². The quantitative estimate of drug-likeness (QED) is 0.583. The van der Waals surface area contributed by atoms with Crippen LogP contribution in [0.5, 0.6) is 0 Å². The van der Waals surface area contributed by atoms with Gasteiger partial charge >= 0.3 is 0 Å². The van der Waals surface area contributed by atoms with Crippen molar-refractivity contribution in [1.82, 2.24) is 0 Å². The molecule has 1 aliphatic rings. The monoisotopic (exact) mass is 296 g/mol. The van der Waals surface area contributed by atoms with Crippen molar-refractivity contribution in [2.75, 3.05) is 0 Å². The van der Waals surface area contributed by atoms with Crippen molar-refractivity contribution in [2.24, 2.45) is 0 Å². The van der Waals surface area contributed by atoms with Crippen molar-refractivity contribution in [2.45, 2.75) is 18.8 Å². The van der Waals surface area contributed by atoms with E-state index in [-0.39, 0.29) is 0 Å². The van der Waals surface area contributed by atoms with Gasteiger partial charge in [0.1, 0.15) is 0 Å². The summed E-state index contributed by atoms with van der Waals surface area (Å²) in [6, 6.07) is 30.4. The fourth-order valence-corrected chi connectivity index (χ4v) is 3.54. The van der Waals surface area contributed by atoms with E-state index in [1.807, 2.05) is 0 Å². The lowest BCUT2D eigenvalue weighted by molar-refractivity contribution is 0.850. The number of allylic oxidation sites excluding steroid dienone is 2. The highest BCUT2D eigenvalue weighted by Gasteiger charge is 2.22. The Kier molecular flexibility index (Phi) is 3.81. The second-order valence-electron chi connectivity index (χ2n) is 6.24. The molecule has 3 aromatic carbocycles. The van der Waals surface area contributed by atoms with E-state index in [2.05, 4.69) is 91.0 Å². The van der Waals surface area contributed by atoms with Crippen LogP contribution in [-0.4, -0.2) is 0 Å². The van der Waals surface area contributed by atoms with Crippen LogP contribution in [0.1, 0.15) is 28.2 Å². The minimum absolute atomic E-state index is 0.493. The lowest BCUT2D eigenvalue weighted by atomic mass is 9.93. The van der Waals surface area contributed by atoms with Gasteiger partial charge in [0.15, 0.2) is 0 Å². The number of benzene rings is 3. The average molecular weight is 296 g/mol. The Morgan fingerprint density at radius 1 is 0.609 bits per heavy atom. The third kappa shape index (κ3) is 2.98. The molecule has 23 heavy (non-hydrogen) atoms. The smallest absolute Gasteiger partial charge is 0.00705 e. The van der Waals surface area contributed by atoms with Gasteiger partial charge in [0, 0.05) is 5.92 Å². The molecule has 0 radical (unpaired) electrons. The van der Waals surface area contributed by atoms with E-state index in [0.29, 0.717) is 5.92 Å². The molecule has 0 N–H and O–H groups in total. The highest BCUT2D eigenvalue weighted by atomic mass is 14.3. The summed E-state index contributed by atoms with van der Waals surface area (Å²) in [5, 5.41) is 0. The van der Waals surface area contributed by atoms with E-state index in [0.717, 1.165) is 12.8 Å². The van der Waals surface area contributed by atoms with Gasteiger partial charge in [0.2, 0.25) is 0 Å². The molecule has 0 fully saturated rings. The molecule has 0 saturated heterocycles. The third-order valence-corrected chi connectivity index (χ3v) is 4.64. The Hall–Kier alpha value is -2.60. The van der Waals surface area contributed by atoms with Crippen LogP contribution in [0.2, 0.25) is 0 Å². The summed E-state index contributed by atoms with van der Waals surface area (Å²) in [5.41, 5.74) is 7.16. The van der Waals surface area contributed by atoms with Crippen molar-refractivity contribution < 1.29 is 0 Å². The second-order valence-corrected chi connectivity index (χ2v) is 6.24. The molecule has 0 heterocycles. The molecule has 3 aromatic rings. The SMILES string of the molecule is C1=C(Cc2ccccc2)c2ccccc2C1Cc1ccccc1. The average Bonchev–Trinajstić information content (AvgIpc) is 2.95. The highest BCUT2D eigenvalue weighted by molar-refractivity contribution is 5.76. The number of hydrogen-bond acceptors (Lipinski definition) is 0. The predicted molar refractivity (Wildman–Crippen MR) is 97.5 cm³/mol. The molecule has 1 aliphatic carbocycles. The zero-order valence-electron chi connectivity index (χ0n) is 13.2. The van der Waals surface area contributed by atoms with Gasteiger partial charge in [-0.3, -0.25) is 0 Å². The predicted octanol–water partition coefficient (Wildman–Crippen LogP) is 5.65. The molecule has 0 spiro atoms. The number of hydrogen-bond donors (Lipinski definition) is 0. The lowest BCUT2D eigenvalue weighted by Crippen LogP contribution is -1.97. The lowest BCUT2D eigenvalue weighted by Gasteiger charge is -2.10. The molecule has 0 heteroatoms. The van der Waals surface area contributed by atoms with Crippen molar-refractivity contribution >= 4 is 5.57 Å². The summed E-state index contributed by atoms with van der Waals surface area (Å²) in [5.74, 6) is 0.493. The molecule has 0 aromatic heterocycles. The maximum absolute atomic E-state index is 2.48. The van der Waals surface area contributed by atoms with Gasteiger partial charge < -0.3 is 0 Å². The zero-order valence-corrected chi connectivity index (χ0v) is 13.2. The molecule has 1 unspecified atom stereocenters. The third-order valence-electron chi connectivity index (χ3n) is 4.64. The normalized spacial score (nSPS) is 16.0. The minimum Gasteiger partial charge on any atom is -0.0725 e. The summed E-state index contributed by atoms with van der Waals surface area (Å²) in [6.45, 7) is 0. The Bertz CT molecular complexity index is 813. The topological polar surface area (TPSA) is 0 Å². The van der Waals surface area contributed by atoms with Crippen LogP contribution in [0.3, 0.4) is 0 Å². The molecular weight excluding hydrogens is 276 g/mol. The van der Waals surface area contributed by atoms with Crippen LogP contribution in [0.4, 0.5) is 0 Å². The zero-order chi connectivity index (χ0) is 15.5. The van der Waals surface area contributed by atoms with Crippen LogP contribution in [0.25, 0.3) is 5.57 Å². The summed E-state index contributed by atoms with van der Waals surface area (Å²) < 4.78 is 0. The van der Waals surface area contributed by atoms with E-state index in [4.69, 9.17) is 0 Å². The van der Waals surface area contributed by atoms with Crippen LogP contribution < -0.4 is 0 Å². The van der Waals surface area contributed by atoms with Crippen LogP contribution >= 0.6 is 0 Å². The van der Waals surface area contributed by atoms with Crippen molar-refractivity contribution in [3.05, 3.63) is 113 Å². The Morgan fingerprint density at radius 2 is 1.22 bits per heavy atom. The Morgan fingerprint density at radius 3 is 1.96 bits per heavy atom. The largest absolute Gasteiger partial charge is 0.0725 e. The molecule has 0 saturated carbocycles. The first-order valence-corrected chi connectivity index (χ1v) is 8.28. The molecule has 0 bridgehead atoms. The second kappa shape index (κ2) is 6.26. The minimum atomic E-state index is 0.493. The van der Waals surface area contributed by atoms with Crippen LogP contribution in [0.15, 0.2) is 91.0 Å². The maximum Gasteiger partial charge on any atom is 0.00705 e. The van der Waals surface area contributed by atoms with E-state index < -0.39 is 0 Å². The standard InChI is InChI=1S/C23H20/c1-3-9-18(10-4-1)15-20-17-21(16-19-11-5-2-6-12-19)23-14-8-7-13-22(20)23/h1-14,17,20H,15-16H2. The fraction of sp³-hybridized carbons (Fsp3) is 0.130. The van der Waals surface area contributed by atoms with Crippen molar-refractivity contribution in [3.63, 3.8) is 0 Å². The first-order chi connectivity index (χ1) is 11.4. The van der Waals surface area contributed by atoms with Gasteiger partial charge in [-0.2, -0.15) is 0 Å². The summed E-state index contributed by atoms with van der Waals surface area (Å²) in [6.07, 6.45) is 4.57. The summed E-state index contributed by atoms with van der Waals surface area (Å²) in [7, 11) is 0. The van der Waals surface area contributed by atoms with E-state index >= 15 is 0 Å². The van der Waals surface area contributed by atoms with E-state index in [9.17, 15) is 0 Å². The molecule has 0 amide bonds.